The first-order valence-corrected chi connectivity index (χ1v) is 6.74. The summed E-state index contributed by atoms with van der Waals surface area (Å²) in [6.07, 6.45) is 0. The number of anilines is 1. The highest BCUT2D eigenvalue weighted by molar-refractivity contribution is 6.17. The number of rotatable bonds is 4. The fourth-order valence-electron chi connectivity index (χ4n) is 1.86. The largest absolute Gasteiger partial charge is 0.457 e. The van der Waals surface area contributed by atoms with E-state index in [9.17, 15) is 0 Å². The van der Waals surface area contributed by atoms with Gasteiger partial charge in [0.15, 0.2) is 0 Å². The molecule has 19 heavy (non-hydrogen) atoms. The molecule has 0 fully saturated rings. The Kier molecular flexibility index (Phi) is 4.33. The molecule has 0 radical (unpaired) electrons. The third kappa shape index (κ3) is 3.42. The number of ether oxygens (including phenoxy) is 1. The zero-order valence-corrected chi connectivity index (χ0v) is 12.2. The van der Waals surface area contributed by atoms with Gasteiger partial charge in [0.05, 0.1) is 0 Å². The van der Waals surface area contributed by atoms with Crippen LogP contribution in [0.3, 0.4) is 0 Å². The van der Waals surface area contributed by atoms with Gasteiger partial charge in [0.1, 0.15) is 11.5 Å². The van der Waals surface area contributed by atoms with Crippen LogP contribution in [0.15, 0.2) is 42.5 Å². The van der Waals surface area contributed by atoms with Crippen LogP contribution in [0.5, 0.6) is 11.5 Å². The second-order valence-corrected chi connectivity index (χ2v) is 4.99. The normalized spacial score (nSPS) is 10.3. The quantitative estimate of drug-likeness (QED) is 0.757. The summed E-state index contributed by atoms with van der Waals surface area (Å²) in [5.41, 5.74) is 3.31. The molecule has 2 nitrogen and oxygen atoms in total. The van der Waals surface area contributed by atoms with Crippen LogP contribution in [0, 0.1) is 6.92 Å². The predicted molar refractivity (Wildman–Crippen MR) is 81.6 cm³/mol. The van der Waals surface area contributed by atoms with E-state index in [2.05, 4.69) is 17.0 Å². The molecule has 0 atom stereocenters. The van der Waals surface area contributed by atoms with Crippen molar-refractivity contribution < 1.29 is 4.74 Å². The lowest BCUT2D eigenvalue weighted by Gasteiger charge is -2.15. The van der Waals surface area contributed by atoms with Crippen molar-refractivity contribution >= 4 is 17.3 Å². The standard InChI is InChI=1S/C16H18ClNO/c1-12-9-13(11-17)7-8-16(12)19-15-6-4-5-14(10-15)18(2)3/h4-10H,11H2,1-3H3. The van der Waals surface area contributed by atoms with Crippen LogP contribution in [0.1, 0.15) is 11.1 Å². The summed E-state index contributed by atoms with van der Waals surface area (Å²) < 4.78 is 5.93. The number of nitrogens with zero attached hydrogens (tertiary/aromatic N) is 1. The number of hydrogen-bond donors (Lipinski definition) is 0. The number of hydrogen-bond acceptors (Lipinski definition) is 2. The van der Waals surface area contributed by atoms with E-state index in [1.807, 2.05) is 51.4 Å². The molecule has 0 saturated carbocycles. The summed E-state index contributed by atoms with van der Waals surface area (Å²) in [4.78, 5) is 2.05. The van der Waals surface area contributed by atoms with Gasteiger partial charge in [0, 0.05) is 31.7 Å². The molecule has 0 spiro atoms. The summed E-state index contributed by atoms with van der Waals surface area (Å²) in [5, 5.41) is 0. The van der Waals surface area contributed by atoms with Crippen molar-refractivity contribution in [2.45, 2.75) is 12.8 Å². The third-order valence-corrected chi connectivity index (χ3v) is 3.26. The molecular weight excluding hydrogens is 258 g/mol. The first-order chi connectivity index (χ1) is 9.10. The van der Waals surface area contributed by atoms with Gasteiger partial charge in [-0.15, -0.1) is 11.6 Å². The van der Waals surface area contributed by atoms with E-state index in [1.54, 1.807) is 0 Å². The van der Waals surface area contributed by atoms with Crippen LogP contribution in [0.25, 0.3) is 0 Å². The van der Waals surface area contributed by atoms with E-state index < -0.39 is 0 Å². The molecule has 0 unspecified atom stereocenters. The van der Waals surface area contributed by atoms with Gasteiger partial charge >= 0.3 is 0 Å². The van der Waals surface area contributed by atoms with Gasteiger partial charge in [-0.3, -0.25) is 0 Å². The Morgan fingerprint density at radius 1 is 1.11 bits per heavy atom. The fourth-order valence-corrected chi connectivity index (χ4v) is 2.03. The van der Waals surface area contributed by atoms with Crippen LogP contribution in [-0.4, -0.2) is 14.1 Å². The van der Waals surface area contributed by atoms with Crippen molar-refractivity contribution in [3.8, 4) is 11.5 Å². The molecule has 0 aliphatic carbocycles. The summed E-state index contributed by atoms with van der Waals surface area (Å²) in [6.45, 7) is 2.03. The second-order valence-electron chi connectivity index (χ2n) is 4.73. The second kappa shape index (κ2) is 5.98. The van der Waals surface area contributed by atoms with Crippen molar-refractivity contribution in [1.82, 2.24) is 0 Å². The number of halogens is 1. The smallest absolute Gasteiger partial charge is 0.130 e. The molecule has 3 heteroatoms. The topological polar surface area (TPSA) is 12.5 Å². The summed E-state index contributed by atoms with van der Waals surface area (Å²) >= 11 is 5.82. The maximum atomic E-state index is 5.93. The minimum atomic E-state index is 0.525. The molecule has 0 N–H and O–H groups in total. The summed E-state index contributed by atoms with van der Waals surface area (Å²) in [7, 11) is 4.03. The van der Waals surface area contributed by atoms with E-state index in [-0.39, 0.29) is 0 Å². The van der Waals surface area contributed by atoms with Gasteiger partial charge in [-0.1, -0.05) is 18.2 Å². The highest BCUT2D eigenvalue weighted by Gasteiger charge is 2.04. The molecule has 2 aromatic carbocycles. The Balaban J connectivity index is 2.23. The summed E-state index contributed by atoms with van der Waals surface area (Å²) in [5.74, 6) is 2.23. The molecule has 0 aliphatic heterocycles. The molecule has 0 aromatic heterocycles. The first-order valence-electron chi connectivity index (χ1n) is 6.21. The van der Waals surface area contributed by atoms with Crippen LogP contribution in [0.2, 0.25) is 0 Å². The molecule has 0 saturated heterocycles. The molecule has 0 heterocycles. The van der Waals surface area contributed by atoms with Crippen LogP contribution >= 0.6 is 11.6 Å². The van der Waals surface area contributed by atoms with Crippen molar-refractivity contribution in [3.05, 3.63) is 53.6 Å². The Hall–Kier alpha value is -1.67. The highest BCUT2D eigenvalue weighted by atomic mass is 35.5. The summed E-state index contributed by atoms with van der Waals surface area (Å²) in [6, 6.07) is 14.0. The number of alkyl halides is 1. The van der Waals surface area contributed by atoms with Crippen molar-refractivity contribution in [2.75, 3.05) is 19.0 Å². The van der Waals surface area contributed by atoms with Crippen molar-refractivity contribution in [3.63, 3.8) is 0 Å². The van der Waals surface area contributed by atoms with E-state index >= 15 is 0 Å². The molecule has 2 aromatic rings. The Morgan fingerprint density at radius 2 is 1.89 bits per heavy atom. The van der Waals surface area contributed by atoms with Crippen molar-refractivity contribution in [2.24, 2.45) is 0 Å². The predicted octanol–water partition coefficient (Wildman–Crippen LogP) is 4.59. The van der Waals surface area contributed by atoms with Gasteiger partial charge in [-0.05, 0) is 36.2 Å². The third-order valence-electron chi connectivity index (χ3n) is 2.96. The van der Waals surface area contributed by atoms with E-state index in [1.165, 1.54) is 0 Å². The van der Waals surface area contributed by atoms with Crippen molar-refractivity contribution in [1.29, 1.82) is 0 Å². The molecular formula is C16H18ClNO. The average molecular weight is 276 g/mol. The van der Waals surface area contributed by atoms with E-state index in [4.69, 9.17) is 16.3 Å². The van der Waals surface area contributed by atoms with Crippen LogP contribution in [0.4, 0.5) is 5.69 Å². The van der Waals surface area contributed by atoms with E-state index in [0.29, 0.717) is 5.88 Å². The zero-order valence-electron chi connectivity index (χ0n) is 11.5. The van der Waals surface area contributed by atoms with Gasteiger partial charge < -0.3 is 9.64 Å². The maximum Gasteiger partial charge on any atom is 0.130 e. The van der Waals surface area contributed by atoms with Gasteiger partial charge in [-0.2, -0.15) is 0 Å². The van der Waals surface area contributed by atoms with Gasteiger partial charge in [0.25, 0.3) is 0 Å². The SMILES string of the molecule is Cc1cc(CCl)ccc1Oc1cccc(N(C)C)c1. The van der Waals surface area contributed by atoms with Crippen LogP contribution in [-0.2, 0) is 5.88 Å². The Morgan fingerprint density at radius 3 is 2.53 bits per heavy atom. The molecule has 0 bridgehead atoms. The zero-order chi connectivity index (χ0) is 13.8. The first kappa shape index (κ1) is 13.8. The fraction of sp³-hybridized carbons (Fsp3) is 0.250. The lowest BCUT2D eigenvalue weighted by atomic mass is 10.1. The lowest BCUT2D eigenvalue weighted by molar-refractivity contribution is 0.479. The Labute approximate surface area is 119 Å². The molecule has 2 rings (SSSR count). The minimum Gasteiger partial charge on any atom is -0.457 e. The monoisotopic (exact) mass is 275 g/mol. The van der Waals surface area contributed by atoms with E-state index in [0.717, 1.165) is 28.3 Å². The lowest BCUT2D eigenvalue weighted by Crippen LogP contribution is -2.08. The van der Waals surface area contributed by atoms with Crippen LogP contribution < -0.4 is 9.64 Å². The van der Waals surface area contributed by atoms with Gasteiger partial charge in [0.2, 0.25) is 0 Å². The molecule has 0 amide bonds. The Bertz CT molecular complexity index is 566. The number of benzene rings is 2. The average Bonchev–Trinajstić information content (AvgIpc) is 2.41. The molecule has 100 valence electrons. The molecule has 0 aliphatic rings. The minimum absolute atomic E-state index is 0.525. The number of aryl methyl sites for hydroxylation is 1. The van der Waals surface area contributed by atoms with Gasteiger partial charge in [-0.25, -0.2) is 0 Å². The maximum absolute atomic E-state index is 5.93. The highest BCUT2D eigenvalue weighted by Crippen LogP contribution is 2.28.